The predicted molar refractivity (Wildman–Crippen MR) is 109 cm³/mol. The summed E-state index contributed by atoms with van der Waals surface area (Å²) in [6, 6.07) is 15.3. The van der Waals surface area contributed by atoms with Crippen LogP contribution in [0.5, 0.6) is 0 Å². The minimum absolute atomic E-state index is 0.163. The van der Waals surface area contributed by atoms with Gasteiger partial charge in [0.05, 0.1) is 6.26 Å². The molecule has 0 radical (unpaired) electrons. The summed E-state index contributed by atoms with van der Waals surface area (Å²) in [6.45, 7) is 2.16. The van der Waals surface area contributed by atoms with Crippen molar-refractivity contribution in [2.24, 2.45) is 0 Å². The molecule has 0 spiro atoms. The van der Waals surface area contributed by atoms with Gasteiger partial charge in [0, 0.05) is 30.4 Å². The van der Waals surface area contributed by atoms with E-state index in [0.717, 1.165) is 11.1 Å². The van der Waals surface area contributed by atoms with Crippen molar-refractivity contribution in [1.82, 2.24) is 10.6 Å². The van der Waals surface area contributed by atoms with E-state index in [9.17, 15) is 14.4 Å². The molecule has 3 rings (SSSR count). The Hall–Kier alpha value is -3.87. The van der Waals surface area contributed by atoms with Crippen molar-refractivity contribution in [3.63, 3.8) is 0 Å². The molecule has 1 aromatic heterocycles. The third-order valence-electron chi connectivity index (χ3n) is 4.39. The molecular formula is C22H21N3O4. The fraction of sp³-hybridized carbons (Fsp3) is 0.136. The van der Waals surface area contributed by atoms with E-state index in [2.05, 4.69) is 16.0 Å². The van der Waals surface area contributed by atoms with Gasteiger partial charge in [0.2, 0.25) is 0 Å². The number of furan rings is 1. The third kappa shape index (κ3) is 4.90. The summed E-state index contributed by atoms with van der Waals surface area (Å²) in [5.41, 5.74) is 3.20. The molecule has 148 valence electrons. The van der Waals surface area contributed by atoms with Crippen LogP contribution in [0, 0.1) is 6.92 Å². The van der Waals surface area contributed by atoms with Gasteiger partial charge in [-0.25, -0.2) is 0 Å². The first kappa shape index (κ1) is 19.9. The van der Waals surface area contributed by atoms with Crippen molar-refractivity contribution in [2.75, 3.05) is 12.4 Å². The molecule has 0 saturated heterocycles. The molecule has 0 fully saturated rings. The molecule has 7 heteroatoms. The van der Waals surface area contributed by atoms with Crippen LogP contribution in [0.15, 0.2) is 65.3 Å². The molecule has 0 atom stereocenters. The average molecular weight is 391 g/mol. The van der Waals surface area contributed by atoms with Gasteiger partial charge in [0.25, 0.3) is 17.7 Å². The monoisotopic (exact) mass is 391 g/mol. The molecule has 0 aliphatic rings. The van der Waals surface area contributed by atoms with Crippen LogP contribution in [0.1, 0.15) is 42.4 Å². The van der Waals surface area contributed by atoms with Crippen molar-refractivity contribution < 1.29 is 18.8 Å². The van der Waals surface area contributed by atoms with E-state index in [1.54, 1.807) is 61.6 Å². The predicted octanol–water partition coefficient (Wildman–Crippen LogP) is 3.13. The molecule has 1 heterocycles. The summed E-state index contributed by atoms with van der Waals surface area (Å²) >= 11 is 0. The SMILES string of the molecule is CNC(=O)c1ccc(CNC(=O)c2ccc(C)c(NC(=O)c3ccco3)c2)cc1. The Bertz CT molecular complexity index is 1020. The van der Waals surface area contributed by atoms with E-state index < -0.39 is 0 Å². The smallest absolute Gasteiger partial charge is 0.291 e. The van der Waals surface area contributed by atoms with Crippen LogP contribution >= 0.6 is 0 Å². The average Bonchev–Trinajstić information content (AvgIpc) is 3.28. The number of carbonyl (C=O) groups is 3. The van der Waals surface area contributed by atoms with Crippen molar-refractivity contribution in [1.29, 1.82) is 0 Å². The zero-order valence-corrected chi connectivity index (χ0v) is 16.1. The van der Waals surface area contributed by atoms with Gasteiger partial charge in [-0.2, -0.15) is 0 Å². The Morgan fingerprint density at radius 3 is 2.28 bits per heavy atom. The van der Waals surface area contributed by atoms with Crippen molar-refractivity contribution in [3.05, 3.63) is 88.9 Å². The van der Waals surface area contributed by atoms with E-state index in [-0.39, 0.29) is 23.5 Å². The van der Waals surface area contributed by atoms with Crippen molar-refractivity contribution in [2.45, 2.75) is 13.5 Å². The number of anilines is 1. The van der Waals surface area contributed by atoms with E-state index >= 15 is 0 Å². The number of aryl methyl sites for hydroxylation is 1. The van der Waals surface area contributed by atoms with E-state index in [0.29, 0.717) is 23.4 Å². The lowest BCUT2D eigenvalue weighted by Crippen LogP contribution is -2.23. The third-order valence-corrected chi connectivity index (χ3v) is 4.39. The Morgan fingerprint density at radius 2 is 1.62 bits per heavy atom. The first-order valence-electron chi connectivity index (χ1n) is 9.02. The van der Waals surface area contributed by atoms with Crippen LogP contribution in [0.25, 0.3) is 0 Å². The van der Waals surface area contributed by atoms with Gasteiger partial charge in [-0.1, -0.05) is 18.2 Å². The molecule has 3 amide bonds. The van der Waals surface area contributed by atoms with Gasteiger partial charge in [-0.3, -0.25) is 14.4 Å². The molecule has 0 bridgehead atoms. The fourth-order valence-electron chi connectivity index (χ4n) is 2.69. The van der Waals surface area contributed by atoms with Gasteiger partial charge >= 0.3 is 0 Å². The number of benzene rings is 2. The Labute approximate surface area is 168 Å². The Kier molecular flexibility index (Phi) is 6.09. The van der Waals surface area contributed by atoms with Gasteiger partial charge in [0.15, 0.2) is 5.76 Å². The number of carbonyl (C=O) groups excluding carboxylic acids is 3. The molecule has 29 heavy (non-hydrogen) atoms. The standard InChI is InChI=1S/C22H21N3O4/c1-14-5-8-17(12-18(14)25-22(28)19-4-3-11-29-19)21(27)24-13-15-6-9-16(10-7-15)20(26)23-2/h3-12H,13H2,1-2H3,(H,23,26)(H,24,27)(H,25,28). The highest BCUT2D eigenvalue weighted by atomic mass is 16.3. The normalized spacial score (nSPS) is 10.3. The number of amides is 3. The molecule has 7 nitrogen and oxygen atoms in total. The van der Waals surface area contributed by atoms with Crippen molar-refractivity contribution >= 4 is 23.4 Å². The number of nitrogens with one attached hydrogen (secondary N) is 3. The van der Waals surface area contributed by atoms with Gasteiger partial charge < -0.3 is 20.4 Å². The highest BCUT2D eigenvalue weighted by molar-refractivity contribution is 6.04. The largest absolute Gasteiger partial charge is 0.459 e. The Morgan fingerprint density at radius 1 is 0.897 bits per heavy atom. The lowest BCUT2D eigenvalue weighted by Gasteiger charge is -2.11. The lowest BCUT2D eigenvalue weighted by molar-refractivity contribution is 0.0945. The second-order valence-corrected chi connectivity index (χ2v) is 6.42. The second-order valence-electron chi connectivity index (χ2n) is 6.42. The highest BCUT2D eigenvalue weighted by Crippen LogP contribution is 2.18. The summed E-state index contributed by atoms with van der Waals surface area (Å²) in [7, 11) is 1.57. The summed E-state index contributed by atoms with van der Waals surface area (Å²) in [5, 5.41) is 8.15. The summed E-state index contributed by atoms with van der Waals surface area (Å²) in [6.07, 6.45) is 1.42. The summed E-state index contributed by atoms with van der Waals surface area (Å²) in [4.78, 5) is 36.3. The molecule has 0 aliphatic carbocycles. The first-order valence-corrected chi connectivity index (χ1v) is 9.02. The summed E-state index contributed by atoms with van der Waals surface area (Å²) in [5.74, 6) is -0.621. The van der Waals surface area contributed by atoms with E-state index in [4.69, 9.17) is 4.42 Å². The molecule has 2 aromatic carbocycles. The van der Waals surface area contributed by atoms with Gasteiger partial charge in [-0.15, -0.1) is 0 Å². The fourth-order valence-corrected chi connectivity index (χ4v) is 2.69. The first-order chi connectivity index (χ1) is 14.0. The Balaban J connectivity index is 1.65. The van der Waals surface area contributed by atoms with Crippen molar-refractivity contribution in [3.8, 4) is 0 Å². The maximum Gasteiger partial charge on any atom is 0.291 e. The van der Waals surface area contributed by atoms with E-state index in [1.807, 2.05) is 6.92 Å². The topological polar surface area (TPSA) is 100 Å². The van der Waals surface area contributed by atoms with Gasteiger partial charge in [0.1, 0.15) is 0 Å². The minimum atomic E-state index is -0.383. The molecule has 0 unspecified atom stereocenters. The highest BCUT2D eigenvalue weighted by Gasteiger charge is 2.13. The summed E-state index contributed by atoms with van der Waals surface area (Å²) < 4.78 is 5.09. The number of hydrogen-bond acceptors (Lipinski definition) is 4. The number of hydrogen-bond donors (Lipinski definition) is 3. The van der Waals surface area contributed by atoms with Crippen LogP contribution < -0.4 is 16.0 Å². The second kappa shape index (κ2) is 8.88. The zero-order valence-electron chi connectivity index (χ0n) is 16.1. The molecule has 0 saturated carbocycles. The maximum absolute atomic E-state index is 12.5. The molecule has 0 aliphatic heterocycles. The quantitative estimate of drug-likeness (QED) is 0.601. The molecular weight excluding hydrogens is 370 g/mol. The van der Waals surface area contributed by atoms with Crippen LogP contribution in [-0.4, -0.2) is 24.8 Å². The number of rotatable bonds is 6. The van der Waals surface area contributed by atoms with Crippen LogP contribution in [0.4, 0.5) is 5.69 Å². The maximum atomic E-state index is 12.5. The minimum Gasteiger partial charge on any atom is -0.459 e. The van der Waals surface area contributed by atoms with Crippen LogP contribution in [0.2, 0.25) is 0 Å². The molecule has 3 N–H and O–H groups in total. The zero-order chi connectivity index (χ0) is 20.8. The lowest BCUT2D eigenvalue weighted by atomic mass is 10.1. The van der Waals surface area contributed by atoms with Gasteiger partial charge in [-0.05, 0) is 54.4 Å². The van der Waals surface area contributed by atoms with Crippen LogP contribution in [-0.2, 0) is 6.54 Å². The van der Waals surface area contributed by atoms with E-state index in [1.165, 1.54) is 6.26 Å². The molecule has 3 aromatic rings. The van der Waals surface area contributed by atoms with Crippen LogP contribution in [0.3, 0.4) is 0 Å².